The number of nitrogens with zero attached hydrogens (tertiary/aromatic N) is 1. The molecule has 1 heterocycles. The summed E-state index contributed by atoms with van der Waals surface area (Å²) < 4.78 is 0. The molecule has 3 N–H and O–H groups in total. The van der Waals surface area contributed by atoms with Crippen molar-refractivity contribution >= 4 is 17.5 Å². The largest absolute Gasteiger partial charge is 0.390 e. The third-order valence-corrected chi connectivity index (χ3v) is 4.52. The molecule has 1 aromatic carbocycles. The molecule has 1 atom stereocenters. The number of aliphatic hydroxyl groups is 1. The summed E-state index contributed by atoms with van der Waals surface area (Å²) in [6.45, 7) is 6.64. The fourth-order valence-corrected chi connectivity index (χ4v) is 3.00. The van der Waals surface area contributed by atoms with E-state index in [2.05, 4.69) is 22.5 Å². The van der Waals surface area contributed by atoms with Gasteiger partial charge < -0.3 is 20.6 Å². The Hall–Kier alpha value is -1.92. The van der Waals surface area contributed by atoms with Crippen LogP contribution in [0.15, 0.2) is 24.3 Å². The zero-order valence-corrected chi connectivity index (χ0v) is 15.1. The second-order valence-corrected chi connectivity index (χ2v) is 7.00. The van der Waals surface area contributed by atoms with Crippen molar-refractivity contribution in [2.75, 3.05) is 31.5 Å². The van der Waals surface area contributed by atoms with Gasteiger partial charge in [-0.15, -0.1) is 0 Å². The number of benzene rings is 1. The summed E-state index contributed by atoms with van der Waals surface area (Å²) in [5.74, 6) is 0.534. The first-order chi connectivity index (χ1) is 11.9. The molecule has 138 valence electrons. The maximum absolute atomic E-state index is 12.0. The number of nitrogens with one attached hydrogen (secondary N) is 2. The first-order valence-electron chi connectivity index (χ1n) is 8.96. The second kappa shape index (κ2) is 9.53. The maximum atomic E-state index is 12.0. The van der Waals surface area contributed by atoms with Gasteiger partial charge in [0.2, 0.25) is 11.8 Å². The van der Waals surface area contributed by atoms with Gasteiger partial charge in [0.25, 0.3) is 0 Å². The number of piperidine rings is 1. The van der Waals surface area contributed by atoms with Gasteiger partial charge in [-0.25, -0.2) is 0 Å². The summed E-state index contributed by atoms with van der Waals surface area (Å²) >= 11 is 0. The Morgan fingerprint density at radius 3 is 2.48 bits per heavy atom. The van der Waals surface area contributed by atoms with Crippen LogP contribution in [-0.2, 0) is 16.0 Å². The molecule has 0 saturated carbocycles. The van der Waals surface area contributed by atoms with Gasteiger partial charge in [-0.1, -0.05) is 19.1 Å². The molecule has 6 heteroatoms. The van der Waals surface area contributed by atoms with Crippen LogP contribution < -0.4 is 10.6 Å². The highest BCUT2D eigenvalue weighted by molar-refractivity contribution is 5.88. The molecule has 0 radical (unpaired) electrons. The Morgan fingerprint density at radius 2 is 1.88 bits per heavy atom. The van der Waals surface area contributed by atoms with Crippen molar-refractivity contribution in [1.82, 2.24) is 10.2 Å². The summed E-state index contributed by atoms with van der Waals surface area (Å²) in [7, 11) is 0. The highest BCUT2D eigenvalue weighted by Crippen LogP contribution is 2.15. The van der Waals surface area contributed by atoms with Gasteiger partial charge in [0.15, 0.2) is 0 Å². The maximum Gasteiger partial charge on any atom is 0.224 e. The molecule has 1 aliphatic heterocycles. The van der Waals surface area contributed by atoms with Crippen LogP contribution in [0, 0.1) is 5.92 Å². The molecule has 0 spiro atoms. The predicted octanol–water partition coefficient (Wildman–Crippen LogP) is 1.40. The van der Waals surface area contributed by atoms with Gasteiger partial charge in [0.1, 0.15) is 0 Å². The number of amides is 2. The average molecular weight is 347 g/mol. The van der Waals surface area contributed by atoms with E-state index in [4.69, 9.17) is 0 Å². The minimum Gasteiger partial charge on any atom is -0.390 e. The summed E-state index contributed by atoms with van der Waals surface area (Å²) in [5.41, 5.74) is 1.58. The predicted molar refractivity (Wildman–Crippen MR) is 98.3 cm³/mol. The fourth-order valence-electron chi connectivity index (χ4n) is 3.00. The van der Waals surface area contributed by atoms with Crippen LogP contribution in [0.2, 0.25) is 0 Å². The first kappa shape index (κ1) is 19.4. The molecule has 2 amide bonds. The number of likely N-dealkylation sites (tertiary alicyclic amines) is 1. The van der Waals surface area contributed by atoms with Crippen LogP contribution in [0.3, 0.4) is 0 Å². The van der Waals surface area contributed by atoms with Crippen molar-refractivity contribution < 1.29 is 14.7 Å². The molecular formula is C19H29N3O3. The second-order valence-electron chi connectivity index (χ2n) is 7.00. The van der Waals surface area contributed by atoms with E-state index in [-0.39, 0.29) is 24.8 Å². The average Bonchev–Trinajstić information content (AvgIpc) is 2.56. The van der Waals surface area contributed by atoms with Crippen molar-refractivity contribution in [2.24, 2.45) is 5.92 Å². The number of aliphatic hydroxyl groups excluding tert-OH is 1. The van der Waals surface area contributed by atoms with E-state index in [1.807, 2.05) is 12.1 Å². The van der Waals surface area contributed by atoms with E-state index < -0.39 is 6.10 Å². The smallest absolute Gasteiger partial charge is 0.224 e. The highest BCUT2D eigenvalue weighted by atomic mass is 16.3. The molecule has 1 aromatic rings. The minimum absolute atomic E-state index is 0.112. The lowest BCUT2D eigenvalue weighted by Gasteiger charge is -2.31. The molecule has 0 aromatic heterocycles. The molecule has 1 saturated heterocycles. The Balaban J connectivity index is 1.68. The van der Waals surface area contributed by atoms with Gasteiger partial charge in [0, 0.05) is 25.7 Å². The number of hydrogen-bond acceptors (Lipinski definition) is 4. The van der Waals surface area contributed by atoms with E-state index in [0.29, 0.717) is 12.2 Å². The standard InChI is InChI=1S/C19H29N3O3/c1-14-7-9-22(10-8-14)13-18(24)12-20-19(25)11-16-3-5-17(6-4-16)21-15(2)23/h3-6,14,18,24H,7-13H2,1-2H3,(H,20,25)(H,21,23)/t18-/m1/s1. The highest BCUT2D eigenvalue weighted by Gasteiger charge is 2.18. The fraction of sp³-hybridized carbons (Fsp3) is 0.579. The lowest BCUT2D eigenvalue weighted by atomic mass is 9.99. The molecular weight excluding hydrogens is 318 g/mol. The van der Waals surface area contributed by atoms with Crippen LogP contribution in [0.5, 0.6) is 0 Å². The molecule has 0 aliphatic carbocycles. The molecule has 6 nitrogen and oxygen atoms in total. The number of β-amino-alcohol motifs (C(OH)–C–C–N with tert-alkyl or cyclic N) is 1. The van der Waals surface area contributed by atoms with Crippen molar-refractivity contribution in [1.29, 1.82) is 0 Å². The van der Waals surface area contributed by atoms with Gasteiger partial charge in [-0.2, -0.15) is 0 Å². The number of carbonyl (C=O) groups is 2. The van der Waals surface area contributed by atoms with Crippen LogP contribution in [0.4, 0.5) is 5.69 Å². The molecule has 2 rings (SSSR count). The van der Waals surface area contributed by atoms with Crippen LogP contribution in [0.1, 0.15) is 32.3 Å². The monoisotopic (exact) mass is 347 g/mol. The Labute approximate surface area is 149 Å². The third kappa shape index (κ3) is 7.23. The van der Waals surface area contributed by atoms with E-state index in [1.54, 1.807) is 12.1 Å². The van der Waals surface area contributed by atoms with Gasteiger partial charge in [-0.3, -0.25) is 9.59 Å². The van der Waals surface area contributed by atoms with E-state index in [1.165, 1.54) is 19.8 Å². The van der Waals surface area contributed by atoms with Gasteiger partial charge in [-0.05, 0) is 49.5 Å². The molecule has 1 aliphatic rings. The van der Waals surface area contributed by atoms with E-state index >= 15 is 0 Å². The Morgan fingerprint density at radius 1 is 1.24 bits per heavy atom. The number of carbonyl (C=O) groups excluding carboxylic acids is 2. The quantitative estimate of drug-likeness (QED) is 0.696. The zero-order chi connectivity index (χ0) is 18.2. The minimum atomic E-state index is -0.542. The first-order valence-corrected chi connectivity index (χ1v) is 8.96. The van der Waals surface area contributed by atoms with E-state index in [9.17, 15) is 14.7 Å². The summed E-state index contributed by atoms with van der Waals surface area (Å²) in [6, 6.07) is 7.18. The molecule has 0 bridgehead atoms. The van der Waals surface area contributed by atoms with Crippen LogP contribution in [0.25, 0.3) is 0 Å². The Bertz CT molecular complexity index is 566. The third-order valence-electron chi connectivity index (χ3n) is 4.52. The van der Waals surface area contributed by atoms with Crippen molar-refractivity contribution in [2.45, 2.75) is 39.2 Å². The summed E-state index contributed by atoms with van der Waals surface area (Å²) in [5, 5.41) is 15.6. The zero-order valence-electron chi connectivity index (χ0n) is 15.1. The topological polar surface area (TPSA) is 81.7 Å². The normalized spacial score (nSPS) is 17.1. The summed E-state index contributed by atoms with van der Waals surface area (Å²) in [6.07, 6.45) is 2.06. The van der Waals surface area contributed by atoms with Crippen LogP contribution >= 0.6 is 0 Å². The molecule has 25 heavy (non-hydrogen) atoms. The SMILES string of the molecule is CC(=O)Nc1ccc(CC(=O)NC[C@@H](O)CN2CCC(C)CC2)cc1. The summed E-state index contributed by atoms with van der Waals surface area (Å²) in [4.78, 5) is 25.3. The number of anilines is 1. The lowest BCUT2D eigenvalue weighted by molar-refractivity contribution is -0.121. The van der Waals surface area contributed by atoms with Crippen molar-refractivity contribution in [3.63, 3.8) is 0 Å². The van der Waals surface area contributed by atoms with Gasteiger partial charge >= 0.3 is 0 Å². The van der Waals surface area contributed by atoms with Gasteiger partial charge in [0.05, 0.1) is 12.5 Å². The molecule has 0 unspecified atom stereocenters. The number of rotatable bonds is 7. The van der Waals surface area contributed by atoms with E-state index in [0.717, 1.165) is 24.6 Å². The van der Waals surface area contributed by atoms with Crippen molar-refractivity contribution in [3.05, 3.63) is 29.8 Å². The molecule has 1 fully saturated rings. The number of hydrogen-bond donors (Lipinski definition) is 3. The lowest BCUT2D eigenvalue weighted by Crippen LogP contribution is -2.43. The Kier molecular flexibility index (Phi) is 7.40. The van der Waals surface area contributed by atoms with Crippen LogP contribution in [-0.4, -0.2) is 54.1 Å². The van der Waals surface area contributed by atoms with Crippen molar-refractivity contribution in [3.8, 4) is 0 Å².